The highest BCUT2D eigenvalue weighted by atomic mass is 35.5. The zero-order valence-electron chi connectivity index (χ0n) is 11.7. The van der Waals surface area contributed by atoms with Gasteiger partial charge in [0.25, 0.3) is 0 Å². The van der Waals surface area contributed by atoms with Gasteiger partial charge in [-0.05, 0) is 48.4 Å². The van der Waals surface area contributed by atoms with E-state index in [1.807, 2.05) is 42.5 Å². The molecule has 0 bridgehead atoms. The summed E-state index contributed by atoms with van der Waals surface area (Å²) >= 11 is 5.85. The highest BCUT2D eigenvalue weighted by Gasteiger charge is 2.04. The summed E-state index contributed by atoms with van der Waals surface area (Å²) in [5.41, 5.74) is 2.26. The van der Waals surface area contributed by atoms with Crippen LogP contribution >= 0.6 is 11.6 Å². The maximum Gasteiger partial charge on any atom is 0.160 e. The minimum atomic E-state index is 0.746. The van der Waals surface area contributed by atoms with Crippen LogP contribution in [0.15, 0.2) is 42.5 Å². The molecule has 0 atom stereocenters. The van der Waals surface area contributed by atoms with Crippen LogP contribution in [-0.4, -0.2) is 20.8 Å². The molecule has 0 amide bonds. The lowest BCUT2D eigenvalue weighted by Crippen LogP contribution is -2.05. The molecule has 0 aliphatic carbocycles. The lowest BCUT2D eigenvalue weighted by atomic mass is 10.1. The Labute approximate surface area is 124 Å². The van der Waals surface area contributed by atoms with Crippen molar-refractivity contribution in [3.05, 3.63) is 53.1 Å². The van der Waals surface area contributed by atoms with Crippen molar-refractivity contribution in [2.75, 3.05) is 26.1 Å². The second kappa shape index (κ2) is 7.06. The molecule has 20 heavy (non-hydrogen) atoms. The summed E-state index contributed by atoms with van der Waals surface area (Å²) in [4.78, 5) is 0. The maximum atomic E-state index is 5.85. The Morgan fingerprint density at radius 3 is 2.30 bits per heavy atom. The van der Waals surface area contributed by atoms with Crippen molar-refractivity contribution >= 4 is 17.3 Å². The summed E-state index contributed by atoms with van der Waals surface area (Å²) in [7, 11) is 3.28. The summed E-state index contributed by atoms with van der Waals surface area (Å²) in [5, 5.41) is 4.10. The number of benzene rings is 2. The van der Waals surface area contributed by atoms with Gasteiger partial charge in [0.1, 0.15) is 0 Å². The van der Waals surface area contributed by atoms with Gasteiger partial charge in [0, 0.05) is 17.3 Å². The molecule has 0 heterocycles. The van der Waals surface area contributed by atoms with Gasteiger partial charge in [0.2, 0.25) is 0 Å². The fourth-order valence-electron chi connectivity index (χ4n) is 1.96. The molecule has 2 aromatic rings. The van der Waals surface area contributed by atoms with Crippen molar-refractivity contribution in [2.45, 2.75) is 6.42 Å². The van der Waals surface area contributed by atoms with E-state index in [1.54, 1.807) is 14.2 Å². The quantitative estimate of drug-likeness (QED) is 0.872. The van der Waals surface area contributed by atoms with Crippen molar-refractivity contribution in [3.8, 4) is 11.5 Å². The summed E-state index contributed by atoms with van der Waals surface area (Å²) in [6.45, 7) is 0.844. The minimum absolute atomic E-state index is 0.746. The molecule has 0 saturated carbocycles. The number of anilines is 1. The first kappa shape index (κ1) is 14.5. The highest BCUT2D eigenvalue weighted by Crippen LogP contribution is 2.27. The van der Waals surface area contributed by atoms with Crippen LogP contribution in [0, 0.1) is 0 Å². The van der Waals surface area contributed by atoms with Gasteiger partial charge in [-0.25, -0.2) is 0 Å². The van der Waals surface area contributed by atoms with Crippen LogP contribution in [0.1, 0.15) is 5.56 Å². The predicted octanol–water partition coefficient (Wildman–Crippen LogP) is 4.01. The van der Waals surface area contributed by atoms with Crippen molar-refractivity contribution in [3.63, 3.8) is 0 Å². The number of hydrogen-bond acceptors (Lipinski definition) is 3. The van der Waals surface area contributed by atoms with E-state index < -0.39 is 0 Å². The van der Waals surface area contributed by atoms with Gasteiger partial charge in [-0.15, -0.1) is 0 Å². The van der Waals surface area contributed by atoms with Crippen LogP contribution in [0.3, 0.4) is 0 Å². The van der Waals surface area contributed by atoms with Crippen molar-refractivity contribution in [1.29, 1.82) is 0 Å². The maximum absolute atomic E-state index is 5.85. The Morgan fingerprint density at radius 2 is 1.65 bits per heavy atom. The molecule has 4 heteroatoms. The van der Waals surface area contributed by atoms with Crippen LogP contribution in [0.2, 0.25) is 5.02 Å². The molecule has 0 radical (unpaired) electrons. The summed E-state index contributed by atoms with van der Waals surface area (Å²) in [6, 6.07) is 13.7. The largest absolute Gasteiger partial charge is 0.493 e. The van der Waals surface area contributed by atoms with E-state index in [9.17, 15) is 0 Å². The van der Waals surface area contributed by atoms with Gasteiger partial charge in [-0.1, -0.05) is 17.7 Å². The summed E-state index contributed by atoms with van der Waals surface area (Å²) < 4.78 is 10.5. The van der Waals surface area contributed by atoms with Crippen molar-refractivity contribution < 1.29 is 9.47 Å². The van der Waals surface area contributed by atoms with E-state index in [1.165, 1.54) is 5.56 Å². The molecule has 1 N–H and O–H groups in total. The van der Waals surface area contributed by atoms with Gasteiger partial charge in [0.05, 0.1) is 14.2 Å². The third-order valence-electron chi connectivity index (χ3n) is 3.03. The first-order chi connectivity index (χ1) is 9.72. The third kappa shape index (κ3) is 3.81. The average Bonchev–Trinajstić information content (AvgIpc) is 2.49. The van der Waals surface area contributed by atoms with E-state index in [0.29, 0.717) is 0 Å². The number of hydrogen-bond donors (Lipinski definition) is 1. The van der Waals surface area contributed by atoms with Gasteiger partial charge < -0.3 is 14.8 Å². The van der Waals surface area contributed by atoms with E-state index in [2.05, 4.69) is 5.32 Å². The molecule has 0 saturated heterocycles. The third-order valence-corrected chi connectivity index (χ3v) is 3.29. The SMILES string of the molecule is COc1ccc(CCNc2ccc(Cl)cc2)cc1OC. The first-order valence-corrected chi connectivity index (χ1v) is 6.81. The molecule has 0 aromatic heterocycles. The summed E-state index contributed by atoms with van der Waals surface area (Å²) in [6.07, 6.45) is 0.906. The number of nitrogens with one attached hydrogen (secondary N) is 1. The van der Waals surface area contributed by atoms with Crippen molar-refractivity contribution in [2.24, 2.45) is 0 Å². The Balaban J connectivity index is 1.92. The first-order valence-electron chi connectivity index (χ1n) is 6.43. The average molecular weight is 292 g/mol. The fraction of sp³-hybridized carbons (Fsp3) is 0.250. The Hall–Kier alpha value is -1.87. The molecule has 2 aromatic carbocycles. The van der Waals surface area contributed by atoms with Gasteiger partial charge >= 0.3 is 0 Å². The van der Waals surface area contributed by atoms with E-state index >= 15 is 0 Å². The second-order valence-corrected chi connectivity index (χ2v) is 4.81. The Morgan fingerprint density at radius 1 is 0.950 bits per heavy atom. The van der Waals surface area contributed by atoms with Crippen LogP contribution in [0.25, 0.3) is 0 Å². The number of rotatable bonds is 6. The van der Waals surface area contributed by atoms with Gasteiger partial charge in [-0.3, -0.25) is 0 Å². The number of methoxy groups -OCH3 is 2. The fourth-order valence-corrected chi connectivity index (χ4v) is 2.08. The molecule has 106 valence electrons. The molecule has 2 rings (SSSR count). The Kier molecular flexibility index (Phi) is 5.13. The lowest BCUT2D eigenvalue weighted by Gasteiger charge is -2.10. The molecule has 0 unspecified atom stereocenters. The van der Waals surface area contributed by atoms with Gasteiger partial charge in [0.15, 0.2) is 11.5 Å². The Bertz CT molecular complexity index is 555. The molecular weight excluding hydrogens is 274 g/mol. The number of ether oxygens (including phenoxy) is 2. The predicted molar refractivity (Wildman–Crippen MR) is 83.2 cm³/mol. The standard InChI is InChI=1S/C16H18ClNO2/c1-19-15-8-3-12(11-16(15)20-2)9-10-18-14-6-4-13(17)5-7-14/h3-8,11,18H,9-10H2,1-2H3. The van der Waals surface area contributed by atoms with E-state index in [4.69, 9.17) is 21.1 Å². The van der Waals surface area contributed by atoms with E-state index in [0.717, 1.165) is 35.2 Å². The molecule has 0 aliphatic rings. The molecule has 0 aliphatic heterocycles. The minimum Gasteiger partial charge on any atom is -0.493 e. The number of halogens is 1. The molecular formula is C16H18ClNO2. The molecule has 3 nitrogen and oxygen atoms in total. The van der Waals surface area contributed by atoms with E-state index in [-0.39, 0.29) is 0 Å². The topological polar surface area (TPSA) is 30.5 Å². The van der Waals surface area contributed by atoms with Crippen molar-refractivity contribution in [1.82, 2.24) is 0 Å². The molecule has 0 spiro atoms. The highest BCUT2D eigenvalue weighted by molar-refractivity contribution is 6.30. The van der Waals surface area contributed by atoms with Crippen LogP contribution in [0.5, 0.6) is 11.5 Å². The van der Waals surface area contributed by atoms with Crippen LogP contribution < -0.4 is 14.8 Å². The summed E-state index contributed by atoms with van der Waals surface area (Å²) in [5.74, 6) is 1.51. The lowest BCUT2D eigenvalue weighted by molar-refractivity contribution is 0.354. The monoisotopic (exact) mass is 291 g/mol. The van der Waals surface area contributed by atoms with Crippen LogP contribution in [-0.2, 0) is 6.42 Å². The molecule has 0 fully saturated rings. The normalized spacial score (nSPS) is 10.2. The smallest absolute Gasteiger partial charge is 0.160 e. The van der Waals surface area contributed by atoms with Gasteiger partial charge in [-0.2, -0.15) is 0 Å². The zero-order chi connectivity index (χ0) is 14.4. The van der Waals surface area contributed by atoms with Crippen LogP contribution in [0.4, 0.5) is 5.69 Å². The second-order valence-electron chi connectivity index (χ2n) is 4.37. The zero-order valence-corrected chi connectivity index (χ0v) is 12.4.